The van der Waals surface area contributed by atoms with Crippen LogP contribution in [0.5, 0.6) is 0 Å². The van der Waals surface area contributed by atoms with Gasteiger partial charge in [0.15, 0.2) is 5.78 Å². The van der Waals surface area contributed by atoms with Gasteiger partial charge in [-0.1, -0.05) is 18.7 Å². The molecule has 2 heterocycles. The largest absolute Gasteiger partial charge is 0.416 e. The first kappa shape index (κ1) is 26.8. The molecular formula is C27H29F3N4O3. The number of halogens is 3. The summed E-state index contributed by atoms with van der Waals surface area (Å²) in [6, 6.07) is 7.83. The van der Waals surface area contributed by atoms with Crippen molar-refractivity contribution in [3.05, 3.63) is 70.7 Å². The highest BCUT2D eigenvalue weighted by molar-refractivity contribution is 5.96. The van der Waals surface area contributed by atoms with E-state index in [-0.39, 0.29) is 23.8 Å². The van der Waals surface area contributed by atoms with Crippen molar-refractivity contribution in [3.63, 3.8) is 0 Å². The second kappa shape index (κ2) is 11.0. The SMILES string of the molecule is [C-]#[N+]c1ccc(C2(O)CCC(N3CC[C@@H](CC(=O)CNC(=O)c4cccc(C(F)(F)F)c4)C3)CC2)cn1. The molecule has 1 aliphatic heterocycles. The molecule has 0 spiro atoms. The number of hydrogen-bond donors (Lipinski definition) is 2. The van der Waals surface area contributed by atoms with Crippen molar-refractivity contribution in [2.45, 2.75) is 56.3 Å². The second-order valence-electron chi connectivity index (χ2n) is 9.93. The van der Waals surface area contributed by atoms with Crippen LogP contribution < -0.4 is 5.32 Å². The van der Waals surface area contributed by atoms with Crippen molar-refractivity contribution in [2.75, 3.05) is 19.6 Å². The van der Waals surface area contributed by atoms with E-state index >= 15 is 0 Å². The van der Waals surface area contributed by atoms with E-state index in [9.17, 15) is 27.9 Å². The van der Waals surface area contributed by atoms with Crippen LogP contribution in [0.4, 0.5) is 19.0 Å². The monoisotopic (exact) mass is 514 g/mol. The van der Waals surface area contributed by atoms with Gasteiger partial charge in [-0.15, -0.1) is 4.98 Å². The number of pyridine rings is 1. The number of Topliss-reactive ketones (excluding diaryl/α,β-unsaturated/α-hetero) is 1. The number of carbonyl (C=O) groups is 2. The summed E-state index contributed by atoms with van der Waals surface area (Å²) < 4.78 is 38.6. The van der Waals surface area contributed by atoms with Gasteiger partial charge in [0.1, 0.15) is 6.20 Å². The van der Waals surface area contributed by atoms with Gasteiger partial charge in [-0.05, 0) is 68.8 Å². The van der Waals surface area contributed by atoms with E-state index in [1.807, 2.05) is 0 Å². The van der Waals surface area contributed by atoms with Gasteiger partial charge in [0.2, 0.25) is 0 Å². The van der Waals surface area contributed by atoms with Crippen LogP contribution in [0.25, 0.3) is 4.85 Å². The van der Waals surface area contributed by atoms with Crippen LogP contribution in [0.1, 0.15) is 60.0 Å². The number of benzene rings is 1. The first-order valence-corrected chi connectivity index (χ1v) is 12.3. The van der Waals surface area contributed by atoms with E-state index in [4.69, 9.17) is 6.57 Å². The summed E-state index contributed by atoms with van der Waals surface area (Å²) >= 11 is 0. The highest BCUT2D eigenvalue weighted by Crippen LogP contribution is 2.40. The van der Waals surface area contributed by atoms with Crippen molar-refractivity contribution in [1.82, 2.24) is 15.2 Å². The third kappa shape index (κ3) is 6.53. The Morgan fingerprint density at radius 2 is 1.95 bits per heavy atom. The van der Waals surface area contributed by atoms with Gasteiger partial charge in [-0.2, -0.15) is 13.2 Å². The summed E-state index contributed by atoms with van der Waals surface area (Å²) in [6.07, 6.45) is 1.02. The van der Waals surface area contributed by atoms with Gasteiger partial charge >= 0.3 is 6.18 Å². The van der Waals surface area contributed by atoms with Crippen LogP contribution in [0.15, 0.2) is 42.6 Å². The molecule has 2 aliphatic rings. The number of alkyl halides is 3. The molecule has 1 aliphatic carbocycles. The number of nitrogens with zero attached hydrogens (tertiary/aromatic N) is 3. The van der Waals surface area contributed by atoms with E-state index in [2.05, 4.69) is 20.0 Å². The Bertz CT molecular complexity index is 1170. The normalized spacial score (nSPS) is 24.4. The minimum Gasteiger partial charge on any atom is -0.385 e. The summed E-state index contributed by atoms with van der Waals surface area (Å²) in [6.45, 7) is 8.41. The van der Waals surface area contributed by atoms with Crippen LogP contribution in [-0.2, 0) is 16.6 Å². The topological polar surface area (TPSA) is 86.9 Å². The van der Waals surface area contributed by atoms with Crippen LogP contribution >= 0.6 is 0 Å². The van der Waals surface area contributed by atoms with Crippen molar-refractivity contribution < 1.29 is 27.9 Å². The maximum absolute atomic E-state index is 12.9. The number of aliphatic hydroxyl groups is 1. The number of likely N-dealkylation sites (tertiary alicyclic amines) is 1. The van der Waals surface area contributed by atoms with E-state index in [0.717, 1.165) is 50.0 Å². The molecule has 1 saturated carbocycles. The molecule has 1 saturated heterocycles. The summed E-state index contributed by atoms with van der Waals surface area (Å²) in [5.74, 6) is -0.403. The molecule has 2 fully saturated rings. The number of aromatic nitrogens is 1. The molecule has 2 aromatic rings. The number of rotatable bonds is 7. The zero-order valence-electron chi connectivity index (χ0n) is 20.3. The van der Waals surface area contributed by atoms with Gasteiger partial charge in [-0.3, -0.25) is 9.59 Å². The van der Waals surface area contributed by atoms with Crippen LogP contribution in [0.3, 0.4) is 0 Å². The smallest absolute Gasteiger partial charge is 0.385 e. The average molecular weight is 515 g/mol. The van der Waals surface area contributed by atoms with E-state index < -0.39 is 23.2 Å². The average Bonchev–Trinajstić information content (AvgIpc) is 3.35. The number of amides is 1. The zero-order valence-corrected chi connectivity index (χ0v) is 20.3. The summed E-state index contributed by atoms with van der Waals surface area (Å²) in [5.41, 5.74) is -1.26. The molecule has 4 rings (SSSR count). The number of carbonyl (C=O) groups excluding carboxylic acids is 2. The standard InChI is InChI=1S/C27H29F3N4O3/c1-31-24-6-5-21(15-32-24)26(37)10-7-22(8-11-26)34-12-9-18(17-34)13-23(35)16-33-25(36)19-3-2-4-20(14-19)27(28,29)30/h2-6,14-15,18,22,37H,7-13,16-17H2,(H,33,36)/t18-,22?,26?/m0/s1. The maximum Gasteiger partial charge on any atom is 0.416 e. The van der Waals surface area contributed by atoms with Gasteiger partial charge in [0.25, 0.3) is 11.7 Å². The van der Waals surface area contributed by atoms with Crippen molar-refractivity contribution in [1.29, 1.82) is 0 Å². The second-order valence-corrected chi connectivity index (χ2v) is 9.93. The molecule has 7 nitrogen and oxygen atoms in total. The Labute approximate surface area is 213 Å². The van der Waals surface area contributed by atoms with Crippen molar-refractivity contribution >= 4 is 17.5 Å². The molecule has 1 amide bonds. The van der Waals surface area contributed by atoms with Gasteiger partial charge < -0.3 is 20.2 Å². The van der Waals surface area contributed by atoms with Gasteiger partial charge in [-0.25, -0.2) is 0 Å². The first-order chi connectivity index (χ1) is 17.6. The van der Waals surface area contributed by atoms with Crippen molar-refractivity contribution in [2.24, 2.45) is 5.92 Å². The molecule has 1 atom stereocenters. The summed E-state index contributed by atoms with van der Waals surface area (Å²) in [7, 11) is 0. The van der Waals surface area contributed by atoms with Crippen LogP contribution in [0.2, 0.25) is 0 Å². The van der Waals surface area contributed by atoms with E-state index in [1.54, 1.807) is 18.3 Å². The molecule has 2 N–H and O–H groups in total. The zero-order chi connectivity index (χ0) is 26.6. The van der Waals surface area contributed by atoms with Gasteiger partial charge in [0.05, 0.1) is 17.7 Å². The molecule has 0 unspecified atom stereocenters. The Hall–Kier alpha value is -3.29. The fourth-order valence-electron chi connectivity index (χ4n) is 5.33. The lowest BCUT2D eigenvalue weighted by Gasteiger charge is -2.39. The lowest BCUT2D eigenvalue weighted by molar-refractivity contribution is -0.137. The minimum absolute atomic E-state index is 0.134. The highest BCUT2D eigenvalue weighted by atomic mass is 19.4. The van der Waals surface area contributed by atoms with Gasteiger partial charge in [0, 0.05) is 30.1 Å². The fraction of sp³-hybridized carbons (Fsp3) is 0.481. The lowest BCUT2D eigenvalue weighted by Crippen LogP contribution is -2.41. The quantitative estimate of drug-likeness (QED) is 0.532. The Balaban J connectivity index is 1.21. The minimum atomic E-state index is -4.54. The van der Waals surface area contributed by atoms with Crippen LogP contribution in [-0.4, -0.2) is 52.4 Å². The fourth-order valence-corrected chi connectivity index (χ4v) is 5.33. The molecular weight excluding hydrogens is 485 g/mol. The number of nitrogens with one attached hydrogen (secondary N) is 1. The van der Waals surface area contributed by atoms with E-state index in [1.165, 1.54) is 12.1 Å². The predicted molar refractivity (Wildman–Crippen MR) is 130 cm³/mol. The first-order valence-electron chi connectivity index (χ1n) is 12.3. The Morgan fingerprint density at radius 3 is 2.59 bits per heavy atom. The summed E-state index contributed by atoms with van der Waals surface area (Å²) in [5, 5.41) is 13.5. The van der Waals surface area contributed by atoms with E-state index in [0.29, 0.717) is 31.1 Å². The van der Waals surface area contributed by atoms with Crippen LogP contribution in [0, 0.1) is 12.5 Å². The molecule has 37 heavy (non-hydrogen) atoms. The van der Waals surface area contributed by atoms with Crippen molar-refractivity contribution in [3.8, 4) is 0 Å². The molecule has 196 valence electrons. The number of hydrogen-bond acceptors (Lipinski definition) is 5. The molecule has 10 heteroatoms. The predicted octanol–water partition coefficient (Wildman–Crippen LogP) is 4.49. The maximum atomic E-state index is 12.9. The third-order valence-electron chi connectivity index (χ3n) is 7.43. The lowest BCUT2D eigenvalue weighted by atomic mass is 9.78. The third-order valence-corrected chi connectivity index (χ3v) is 7.43. The molecule has 1 aromatic heterocycles. The molecule has 0 bridgehead atoms. The molecule has 0 radical (unpaired) electrons. The Kier molecular flexibility index (Phi) is 7.95. The summed E-state index contributed by atoms with van der Waals surface area (Å²) in [4.78, 5) is 34.4. The Morgan fingerprint density at radius 1 is 1.19 bits per heavy atom. The highest BCUT2D eigenvalue weighted by Gasteiger charge is 2.39. The molecule has 1 aromatic carbocycles. The number of ketones is 1.